The Labute approximate surface area is 105 Å². The van der Waals surface area contributed by atoms with Crippen LogP contribution in [0.4, 0.5) is 0 Å². The third kappa shape index (κ3) is 3.94. The van der Waals surface area contributed by atoms with E-state index in [4.69, 9.17) is 10.5 Å². The number of rotatable bonds is 6. The SMILES string of the molecule is CC1CC(CN)(NCCCC2CC2)CC(C)O1. The molecule has 0 aromatic carbocycles. The molecular formula is C14H28N2O. The molecule has 1 aliphatic carbocycles. The van der Waals surface area contributed by atoms with Crippen LogP contribution in [0.25, 0.3) is 0 Å². The van der Waals surface area contributed by atoms with Gasteiger partial charge in [0.2, 0.25) is 0 Å². The number of ether oxygens (including phenoxy) is 1. The Morgan fingerprint density at radius 2 is 1.88 bits per heavy atom. The third-order valence-corrected chi connectivity index (χ3v) is 4.20. The maximum atomic E-state index is 6.00. The van der Waals surface area contributed by atoms with E-state index in [1.165, 1.54) is 25.7 Å². The van der Waals surface area contributed by atoms with E-state index in [-0.39, 0.29) is 5.54 Å². The Morgan fingerprint density at radius 3 is 2.41 bits per heavy atom. The minimum atomic E-state index is 0.126. The highest BCUT2D eigenvalue weighted by Gasteiger charge is 2.37. The van der Waals surface area contributed by atoms with Gasteiger partial charge in [-0.1, -0.05) is 12.8 Å². The number of nitrogens with two attached hydrogens (primary N) is 1. The summed E-state index contributed by atoms with van der Waals surface area (Å²) in [5.74, 6) is 1.04. The summed E-state index contributed by atoms with van der Waals surface area (Å²) in [6.07, 6.45) is 8.39. The van der Waals surface area contributed by atoms with Crippen LogP contribution in [0, 0.1) is 5.92 Å². The van der Waals surface area contributed by atoms with Crippen molar-refractivity contribution in [3.8, 4) is 0 Å². The Bertz CT molecular complexity index is 230. The van der Waals surface area contributed by atoms with Gasteiger partial charge < -0.3 is 15.8 Å². The fourth-order valence-electron chi connectivity index (χ4n) is 3.21. The summed E-state index contributed by atoms with van der Waals surface area (Å²) < 4.78 is 5.80. The van der Waals surface area contributed by atoms with Crippen molar-refractivity contribution < 1.29 is 4.74 Å². The lowest BCUT2D eigenvalue weighted by Gasteiger charge is -2.43. The highest BCUT2D eigenvalue weighted by Crippen LogP contribution is 2.33. The molecule has 1 heterocycles. The number of hydrogen-bond acceptors (Lipinski definition) is 3. The lowest BCUT2D eigenvalue weighted by atomic mass is 9.84. The molecule has 1 saturated heterocycles. The molecule has 2 aliphatic rings. The van der Waals surface area contributed by atoms with Gasteiger partial charge >= 0.3 is 0 Å². The molecule has 1 aliphatic heterocycles. The molecule has 3 nitrogen and oxygen atoms in total. The van der Waals surface area contributed by atoms with Crippen molar-refractivity contribution in [2.45, 2.75) is 70.1 Å². The molecule has 100 valence electrons. The minimum Gasteiger partial charge on any atom is -0.375 e. The Kier molecular flexibility index (Phi) is 4.45. The first-order valence-corrected chi connectivity index (χ1v) is 7.24. The second-order valence-corrected chi connectivity index (χ2v) is 6.16. The Hall–Kier alpha value is -0.120. The topological polar surface area (TPSA) is 47.3 Å². The zero-order chi connectivity index (χ0) is 12.3. The van der Waals surface area contributed by atoms with Crippen molar-refractivity contribution in [1.82, 2.24) is 5.32 Å². The Morgan fingerprint density at radius 1 is 1.24 bits per heavy atom. The van der Waals surface area contributed by atoms with E-state index in [2.05, 4.69) is 19.2 Å². The summed E-state index contributed by atoms with van der Waals surface area (Å²) in [6.45, 7) is 6.17. The van der Waals surface area contributed by atoms with E-state index in [9.17, 15) is 0 Å². The number of hydrogen-bond donors (Lipinski definition) is 2. The molecule has 17 heavy (non-hydrogen) atoms. The largest absolute Gasteiger partial charge is 0.375 e. The zero-order valence-corrected chi connectivity index (χ0v) is 11.4. The van der Waals surface area contributed by atoms with Gasteiger partial charge in [0.05, 0.1) is 12.2 Å². The molecule has 0 radical (unpaired) electrons. The monoisotopic (exact) mass is 240 g/mol. The second-order valence-electron chi connectivity index (χ2n) is 6.16. The van der Waals surface area contributed by atoms with E-state index >= 15 is 0 Å². The molecule has 0 amide bonds. The van der Waals surface area contributed by atoms with Gasteiger partial charge in [0.15, 0.2) is 0 Å². The van der Waals surface area contributed by atoms with Crippen molar-refractivity contribution in [1.29, 1.82) is 0 Å². The first-order valence-electron chi connectivity index (χ1n) is 7.24. The van der Waals surface area contributed by atoms with Crippen LogP contribution in [0.5, 0.6) is 0 Å². The van der Waals surface area contributed by atoms with Gasteiger partial charge in [-0.25, -0.2) is 0 Å². The smallest absolute Gasteiger partial charge is 0.0568 e. The molecule has 2 rings (SSSR count). The predicted octanol–water partition coefficient (Wildman–Crippen LogP) is 2.05. The fourth-order valence-corrected chi connectivity index (χ4v) is 3.21. The van der Waals surface area contributed by atoms with E-state index in [1.54, 1.807) is 0 Å². The predicted molar refractivity (Wildman–Crippen MR) is 71.0 cm³/mol. The summed E-state index contributed by atoms with van der Waals surface area (Å²) >= 11 is 0. The molecule has 0 bridgehead atoms. The average molecular weight is 240 g/mol. The summed E-state index contributed by atoms with van der Waals surface area (Å²) in [5, 5.41) is 3.72. The zero-order valence-electron chi connectivity index (χ0n) is 11.4. The lowest BCUT2D eigenvalue weighted by molar-refractivity contribution is -0.0669. The van der Waals surface area contributed by atoms with Gasteiger partial charge in [-0.15, -0.1) is 0 Å². The second kappa shape index (κ2) is 5.68. The maximum Gasteiger partial charge on any atom is 0.0568 e. The van der Waals surface area contributed by atoms with Crippen LogP contribution in [0.1, 0.15) is 52.4 Å². The molecule has 2 fully saturated rings. The summed E-state index contributed by atoms with van der Waals surface area (Å²) in [5.41, 5.74) is 6.12. The fraction of sp³-hybridized carbons (Fsp3) is 1.00. The van der Waals surface area contributed by atoms with Crippen LogP contribution >= 0.6 is 0 Å². The summed E-state index contributed by atoms with van der Waals surface area (Å²) in [7, 11) is 0. The van der Waals surface area contributed by atoms with Crippen LogP contribution < -0.4 is 11.1 Å². The van der Waals surface area contributed by atoms with Crippen molar-refractivity contribution in [2.24, 2.45) is 11.7 Å². The van der Waals surface area contributed by atoms with E-state index in [0.717, 1.165) is 31.8 Å². The van der Waals surface area contributed by atoms with Gasteiger partial charge in [-0.05, 0) is 52.0 Å². The van der Waals surface area contributed by atoms with Gasteiger partial charge in [0.25, 0.3) is 0 Å². The average Bonchev–Trinajstić information content (AvgIpc) is 3.07. The standard InChI is InChI=1S/C14H28N2O/c1-11-8-14(10-15,9-12(2)17-11)16-7-3-4-13-5-6-13/h11-13,16H,3-10,15H2,1-2H3. The van der Waals surface area contributed by atoms with Crippen molar-refractivity contribution in [3.05, 3.63) is 0 Å². The van der Waals surface area contributed by atoms with Crippen LogP contribution in [0.3, 0.4) is 0 Å². The van der Waals surface area contributed by atoms with Crippen LogP contribution in [0.15, 0.2) is 0 Å². The molecule has 0 aromatic heterocycles. The molecule has 3 N–H and O–H groups in total. The van der Waals surface area contributed by atoms with Gasteiger partial charge in [-0.2, -0.15) is 0 Å². The molecule has 1 saturated carbocycles. The number of nitrogens with one attached hydrogen (secondary N) is 1. The molecule has 0 spiro atoms. The first-order chi connectivity index (χ1) is 8.13. The van der Waals surface area contributed by atoms with Crippen LogP contribution in [0.2, 0.25) is 0 Å². The van der Waals surface area contributed by atoms with Gasteiger partial charge in [0.1, 0.15) is 0 Å². The van der Waals surface area contributed by atoms with Crippen molar-refractivity contribution in [2.75, 3.05) is 13.1 Å². The van der Waals surface area contributed by atoms with Crippen molar-refractivity contribution in [3.63, 3.8) is 0 Å². The van der Waals surface area contributed by atoms with E-state index < -0.39 is 0 Å². The highest BCUT2D eigenvalue weighted by molar-refractivity contribution is 4.95. The normalized spacial score (nSPS) is 38.3. The third-order valence-electron chi connectivity index (χ3n) is 4.20. The lowest BCUT2D eigenvalue weighted by Crippen LogP contribution is -2.58. The molecular weight excluding hydrogens is 212 g/mol. The van der Waals surface area contributed by atoms with E-state index in [1.807, 2.05) is 0 Å². The van der Waals surface area contributed by atoms with Crippen molar-refractivity contribution >= 4 is 0 Å². The maximum absolute atomic E-state index is 6.00. The first kappa shape index (κ1) is 13.3. The highest BCUT2D eigenvalue weighted by atomic mass is 16.5. The quantitative estimate of drug-likeness (QED) is 0.699. The molecule has 2 atom stereocenters. The summed E-state index contributed by atoms with van der Waals surface area (Å²) in [6, 6.07) is 0. The Balaban J connectivity index is 1.75. The van der Waals surface area contributed by atoms with Gasteiger partial charge in [-0.3, -0.25) is 0 Å². The molecule has 0 aromatic rings. The molecule has 3 heteroatoms. The molecule has 2 unspecified atom stereocenters. The van der Waals surface area contributed by atoms with Gasteiger partial charge in [0, 0.05) is 12.1 Å². The summed E-state index contributed by atoms with van der Waals surface area (Å²) in [4.78, 5) is 0. The minimum absolute atomic E-state index is 0.126. The van der Waals surface area contributed by atoms with E-state index in [0.29, 0.717) is 12.2 Å². The van der Waals surface area contributed by atoms with Crippen LogP contribution in [-0.2, 0) is 4.74 Å². The van der Waals surface area contributed by atoms with Crippen LogP contribution in [-0.4, -0.2) is 30.8 Å².